The Balaban J connectivity index is 1.51. The summed E-state index contributed by atoms with van der Waals surface area (Å²) in [4.78, 5) is 0. The molecule has 1 heterocycles. The molecule has 178 valence electrons. The Bertz CT molecular complexity index is 1920. The third kappa shape index (κ3) is 3.67. The number of fused-ring (bicyclic) bond motifs is 3. The zero-order valence-corrected chi connectivity index (χ0v) is 20.9. The van der Waals surface area contributed by atoms with Gasteiger partial charge in [0, 0.05) is 22.3 Å². The highest BCUT2D eigenvalue weighted by atomic mass is 15.0. The molecule has 0 atom stereocenters. The van der Waals surface area contributed by atoms with Gasteiger partial charge in [-0.15, -0.1) is 0 Å². The number of hydrogen-bond donors (Lipinski definition) is 0. The maximum atomic E-state index is 10.1. The smallest absolute Gasteiger partial charge is 0.0998 e. The minimum atomic E-state index is 0.560. The summed E-state index contributed by atoms with van der Waals surface area (Å²) in [6.07, 6.45) is 6.28. The number of benzene rings is 4. The molecule has 6 rings (SSSR count). The lowest BCUT2D eigenvalue weighted by Gasteiger charge is -2.15. The van der Waals surface area contributed by atoms with E-state index in [9.17, 15) is 15.8 Å². The molecule has 0 bridgehead atoms. The van der Waals surface area contributed by atoms with Crippen LogP contribution in [0.4, 0.5) is 0 Å². The molecule has 4 heteroatoms. The van der Waals surface area contributed by atoms with Crippen molar-refractivity contribution in [2.75, 3.05) is 0 Å². The van der Waals surface area contributed by atoms with Gasteiger partial charge in [-0.1, -0.05) is 42.5 Å². The summed E-state index contributed by atoms with van der Waals surface area (Å²) >= 11 is 0. The van der Waals surface area contributed by atoms with E-state index in [1.54, 1.807) is 0 Å². The Morgan fingerprint density at radius 2 is 1.61 bits per heavy atom. The third-order valence-corrected chi connectivity index (χ3v) is 7.32. The molecule has 0 saturated heterocycles. The average molecular weight is 487 g/mol. The van der Waals surface area contributed by atoms with Crippen LogP contribution < -0.4 is 0 Å². The molecule has 0 unspecified atom stereocenters. The molecule has 38 heavy (non-hydrogen) atoms. The van der Waals surface area contributed by atoms with E-state index in [4.69, 9.17) is 0 Å². The van der Waals surface area contributed by atoms with Crippen molar-refractivity contribution in [3.05, 3.63) is 118 Å². The summed E-state index contributed by atoms with van der Waals surface area (Å²) in [5.41, 5.74) is 10.8. The van der Waals surface area contributed by atoms with Gasteiger partial charge in [0.25, 0.3) is 0 Å². The van der Waals surface area contributed by atoms with E-state index in [1.807, 2.05) is 73.7 Å². The molecule has 0 N–H and O–H groups in total. The number of aromatic nitrogens is 1. The topological polar surface area (TPSA) is 76.3 Å². The van der Waals surface area contributed by atoms with Crippen molar-refractivity contribution in [3.8, 4) is 46.1 Å². The minimum absolute atomic E-state index is 0.560. The highest BCUT2D eigenvalue weighted by Gasteiger charge is 2.19. The lowest BCUT2D eigenvalue weighted by Crippen LogP contribution is -2.00. The van der Waals surface area contributed by atoms with Crippen molar-refractivity contribution in [1.82, 2.24) is 4.57 Å². The second kappa shape index (κ2) is 9.25. The maximum absolute atomic E-state index is 10.1. The Kier molecular flexibility index (Phi) is 5.61. The van der Waals surface area contributed by atoms with Crippen LogP contribution in [0.2, 0.25) is 0 Å². The van der Waals surface area contributed by atoms with E-state index in [2.05, 4.69) is 47.1 Å². The van der Waals surface area contributed by atoms with Gasteiger partial charge >= 0.3 is 0 Å². The summed E-state index contributed by atoms with van der Waals surface area (Å²) in [6.45, 7) is 1.98. The van der Waals surface area contributed by atoms with Gasteiger partial charge in [-0.2, -0.15) is 15.8 Å². The highest BCUT2D eigenvalue weighted by Crippen LogP contribution is 2.37. The standard InChI is InChI=1S/C34H22N4/c1-22-6-4-8-26(20-36)34(22)25-13-14-29(27(17-25)21-37)24-7-5-9-28(18-24)38-32-11-3-2-10-30(32)31-16-23(19-35)12-15-33(31)38/h3-9,11-18H,2,10H2,1H3. The molecule has 0 radical (unpaired) electrons. The number of hydrogen-bond acceptors (Lipinski definition) is 3. The Labute approximate surface area is 221 Å². The fourth-order valence-corrected chi connectivity index (χ4v) is 5.58. The van der Waals surface area contributed by atoms with Crippen molar-refractivity contribution in [2.45, 2.75) is 19.8 Å². The molecule has 0 spiro atoms. The summed E-state index contributed by atoms with van der Waals surface area (Å²) in [6, 6.07) is 32.6. The summed E-state index contributed by atoms with van der Waals surface area (Å²) in [5, 5.41) is 30.3. The first kappa shape index (κ1) is 23.1. The van der Waals surface area contributed by atoms with E-state index < -0.39 is 0 Å². The van der Waals surface area contributed by atoms with Crippen molar-refractivity contribution >= 4 is 17.0 Å². The number of nitriles is 3. The van der Waals surface area contributed by atoms with Gasteiger partial charge in [-0.05, 0) is 96.1 Å². The van der Waals surface area contributed by atoms with Crippen LogP contribution in [0.5, 0.6) is 0 Å². The van der Waals surface area contributed by atoms with Gasteiger partial charge in [0.15, 0.2) is 0 Å². The second-order valence-corrected chi connectivity index (χ2v) is 9.52. The summed E-state index contributed by atoms with van der Waals surface area (Å²) < 4.78 is 2.25. The highest BCUT2D eigenvalue weighted by molar-refractivity contribution is 5.92. The molecule has 4 aromatic carbocycles. The lowest BCUT2D eigenvalue weighted by molar-refractivity contribution is 0.968. The quantitative estimate of drug-likeness (QED) is 0.261. The molecule has 0 saturated carbocycles. The van der Waals surface area contributed by atoms with Gasteiger partial charge in [0.2, 0.25) is 0 Å². The maximum Gasteiger partial charge on any atom is 0.0998 e. The summed E-state index contributed by atoms with van der Waals surface area (Å²) in [7, 11) is 0. The van der Waals surface area contributed by atoms with Crippen LogP contribution in [0.1, 0.15) is 39.9 Å². The van der Waals surface area contributed by atoms with Gasteiger partial charge in [0.05, 0.1) is 40.4 Å². The molecule has 1 aliphatic rings. The predicted molar refractivity (Wildman–Crippen MR) is 150 cm³/mol. The third-order valence-electron chi connectivity index (χ3n) is 7.32. The Hall–Kier alpha value is -5.37. The van der Waals surface area contributed by atoms with Crippen LogP contribution in [-0.4, -0.2) is 4.57 Å². The largest absolute Gasteiger partial charge is 0.310 e. The molecule has 0 fully saturated rings. The number of allylic oxidation sites excluding steroid dienone is 1. The molecule has 1 aliphatic carbocycles. The number of aryl methyl sites for hydroxylation is 2. The SMILES string of the molecule is Cc1cccc(C#N)c1-c1ccc(-c2cccc(-n3c4c(c5cc(C#N)ccc53)CCC=C4)c2)c(C#N)c1. The van der Waals surface area contributed by atoms with Crippen molar-refractivity contribution in [3.63, 3.8) is 0 Å². The van der Waals surface area contributed by atoms with Crippen LogP contribution >= 0.6 is 0 Å². The van der Waals surface area contributed by atoms with Crippen molar-refractivity contribution in [1.29, 1.82) is 15.8 Å². The first-order valence-corrected chi connectivity index (χ1v) is 12.5. The van der Waals surface area contributed by atoms with Crippen LogP contribution in [-0.2, 0) is 6.42 Å². The van der Waals surface area contributed by atoms with Crippen molar-refractivity contribution in [2.24, 2.45) is 0 Å². The van der Waals surface area contributed by atoms with Gasteiger partial charge in [-0.3, -0.25) is 0 Å². The number of rotatable bonds is 3. The fourth-order valence-electron chi connectivity index (χ4n) is 5.58. The molecular formula is C34H22N4. The minimum Gasteiger partial charge on any atom is -0.310 e. The molecule has 1 aromatic heterocycles. The van der Waals surface area contributed by atoms with Crippen LogP contribution in [0.15, 0.2) is 84.9 Å². The van der Waals surface area contributed by atoms with E-state index >= 15 is 0 Å². The van der Waals surface area contributed by atoms with E-state index in [-0.39, 0.29) is 0 Å². The first-order valence-electron chi connectivity index (χ1n) is 12.5. The Morgan fingerprint density at radius 3 is 2.42 bits per heavy atom. The van der Waals surface area contributed by atoms with Gasteiger partial charge in [-0.25, -0.2) is 0 Å². The van der Waals surface area contributed by atoms with E-state index in [1.165, 1.54) is 5.56 Å². The Morgan fingerprint density at radius 1 is 0.763 bits per heavy atom. The zero-order valence-electron chi connectivity index (χ0n) is 20.9. The normalized spacial score (nSPS) is 11.9. The predicted octanol–water partition coefficient (Wildman–Crippen LogP) is 7.85. The summed E-state index contributed by atoms with van der Waals surface area (Å²) in [5.74, 6) is 0. The fraction of sp³-hybridized carbons (Fsp3) is 0.0882. The van der Waals surface area contributed by atoms with Gasteiger partial charge < -0.3 is 4.57 Å². The first-order chi connectivity index (χ1) is 18.6. The zero-order chi connectivity index (χ0) is 26.2. The molecule has 0 aliphatic heterocycles. The molecule has 0 amide bonds. The monoisotopic (exact) mass is 486 g/mol. The van der Waals surface area contributed by atoms with Crippen LogP contribution in [0.3, 0.4) is 0 Å². The van der Waals surface area contributed by atoms with Gasteiger partial charge in [0.1, 0.15) is 0 Å². The lowest BCUT2D eigenvalue weighted by atomic mass is 9.91. The van der Waals surface area contributed by atoms with Crippen molar-refractivity contribution < 1.29 is 0 Å². The molecular weight excluding hydrogens is 464 g/mol. The van der Waals surface area contributed by atoms with Crippen LogP contribution in [0, 0.1) is 40.9 Å². The van der Waals surface area contributed by atoms with E-state index in [0.29, 0.717) is 16.7 Å². The van der Waals surface area contributed by atoms with Crippen LogP contribution in [0.25, 0.3) is 44.9 Å². The number of nitrogens with zero attached hydrogens (tertiary/aromatic N) is 4. The molecule has 4 nitrogen and oxygen atoms in total. The average Bonchev–Trinajstić information content (AvgIpc) is 3.30. The molecule has 5 aromatic rings. The van der Waals surface area contributed by atoms with E-state index in [0.717, 1.165) is 62.9 Å². The second-order valence-electron chi connectivity index (χ2n) is 9.52.